The molecule has 39 heavy (non-hydrogen) atoms. The minimum Gasteiger partial charge on any atom is -0.392 e. The van der Waals surface area contributed by atoms with Gasteiger partial charge in [0.15, 0.2) is 6.29 Å². The predicted octanol–water partition coefficient (Wildman–Crippen LogP) is 3.84. The standard InChI is InChI=1S/C31H32N2O6/c1-19-27(17-32-14-13-24(35)16-32)38-31(39-28(19)21-11-9-20(18-34)10-12-21)22-5-4-6-23(15-22)33-29(36)25-7-2-3-8-26(25)30(33)37/h2-12,15,19,24,27-28,31,34-35H,13-14,16-18H2,1H3/t19-,24+,27+,28+,31+/m1/s1. The van der Waals surface area contributed by atoms with Crippen molar-refractivity contribution in [2.45, 2.75) is 44.6 Å². The average Bonchev–Trinajstić information content (AvgIpc) is 3.49. The summed E-state index contributed by atoms with van der Waals surface area (Å²) in [6.45, 7) is 4.15. The number of nitrogens with zero attached hydrogens (tertiary/aromatic N) is 2. The summed E-state index contributed by atoms with van der Waals surface area (Å²) in [5.74, 6) is -0.684. The van der Waals surface area contributed by atoms with Crippen molar-refractivity contribution in [2.75, 3.05) is 24.5 Å². The Balaban J connectivity index is 1.30. The van der Waals surface area contributed by atoms with Gasteiger partial charge in [0.2, 0.25) is 0 Å². The fraction of sp³-hybridized carbons (Fsp3) is 0.355. The van der Waals surface area contributed by atoms with E-state index in [1.54, 1.807) is 42.5 Å². The Labute approximate surface area is 227 Å². The molecule has 2 saturated heterocycles. The third-order valence-electron chi connectivity index (χ3n) is 8.00. The van der Waals surface area contributed by atoms with Crippen molar-refractivity contribution in [3.05, 3.63) is 101 Å². The molecule has 0 spiro atoms. The molecule has 3 aliphatic rings. The molecule has 2 N–H and O–H groups in total. The second-order valence-electron chi connectivity index (χ2n) is 10.6. The molecule has 3 heterocycles. The fourth-order valence-electron chi connectivity index (χ4n) is 5.79. The van der Waals surface area contributed by atoms with E-state index in [-0.39, 0.29) is 42.7 Å². The molecular weight excluding hydrogens is 496 g/mol. The zero-order chi connectivity index (χ0) is 27.1. The van der Waals surface area contributed by atoms with Crippen LogP contribution >= 0.6 is 0 Å². The molecule has 8 nitrogen and oxygen atoms in total. The molecule has 2 fully saturated rings. The second-order valence-corrected chi connectivity index (χ2v) is 10.6. The van der Waals surface area contributed by atoms with Gasteiger partial charge in [0.25, 0.3) is 11.8 Å². The number of aliphatic hydroxyl groups excluding tert-OH is 2. The minimum absolute atomic E-state index is 0.0124. The van der Waals surface area contributed by atoms with Gasteiger partial charge in [0.05, 0.1) is 41.7 Å². The highest BCUT2D eigenvalue weighted by atomic mass is 16.7. The van der Waals surface area contributed by atoms with Crippen LogP contribution in [-0.4, -0.2) is 58.8 Å². The van der Waals surface area contributed by atoms with Crippen LogP contribution in [-0.2, 0) is 16.1 Å². The lowest BCUT2D eigenvalue weighted by molar-refractivity contribution is -0.276. The summed E-state index contributed by atoms with van der Waals surface area (Å²) in [4.78, 5) is 29.6. The van der Waals surface area contributed by atoms with E-state index in [0.717, 1.165) is 24.1 Å². The first-order valence-corrected chi connectivity index (χ1v) is 13.4. The van der Waals surface area contributed by atoms with Gasteiger partial charge < -0.3 is 19.7 Å². The van der Waals surface area contributed by atoms with Crippen LogP contribution in [0.1, 0.15) is 63.1 Å². The average molecular weight is 529 g/mol. The van der Waals surface area contributed by atoms with Crippen molar-refractivity contribution in [1.29, 1.82) is 0 Å². The Morgan fingerprint density at radius 3 is 2.26 bits per heavy atom. The molecule has 3 aromatic carbocycles. The summed E-state index contributed by atoms with van der Waals surface area (Å²) < 4.78 is 13.1. The normalized spacial score (nSPS) is 27.3. The highest BCUT2D eigenvalue weighted by Gasteiger charge is 2.41. The van der Waals surface area contributed by atoms with Gasteiger partial charge in [0, 0.05) is 31.1 Å². The number of benzene rings is 3. The van der Waals surface area contributed by atoms with Crippen LogP contribution in [0.3, 0.4) is 0 Å². The van der Waals surface area contributed by atoms with E-state index in [4.69, 9.17) is 9.47 Å². The largest absolute Gasteiger partial charge is 0.392 e. The molecule has 2 amide bonds. The number of amides is 2. The van der Waals surface area contributed by atoms with Crippen LogP contribution in [0.4, 0.5) is 5.69 Å². The Kier molecular flexibility index (Phi) is 7.05. The Morgan fingerprint density at radius 2 is 1.62 bits per heavy atom. The van der Waals surface area contributed by atoms with Gasteiger partial charge in [-0.25, -0.2) is 4.90 Å². The van der Waals surface area contributed by atoms with Crippen LogP contribution in [0.25, 0.3) is 0 Å². The van der Waals surface area contributed by atoms with Crippen LogP contribution < -0.4 is 4.90 Å². The number of carbonyl (C=O) groups excluding carboxylic acids is 2. The Hall–Kier alpha value is -3.40. The van der Waals surface area contributed by atoms with Gasteiger partial charge in [-0.05, 0) is 41.8 Å². The monoisotopic (exact) mass is 528 g/mol. The number of rotatable bonds is 6. The van der Waals surface area contributed by atoms with E-state index >= 15 is 0 Å². The first-order chi connectivity index (χ1) is 18.9. The van der Waals surface area contributed by atoms with E-state index in [2.05, 4.69) is 11.8 Å². The molecule has 0 aliphatic carbocycles. The summed E-state index contributed by atoms with van der Waals surface area (Å²) in [5, 5.41) is 19.5. The SMILES string of the molecule is C[C@@H]1[C@H](CN2CC[C@H](O)C2)O[C@H](c2cccc(N3C(=O)c4ccccc4C3=O)c2)O[C@@H]1c1ccc(CO)cc1. The number of aliphatic hydroxyl groups is 2. The maximum absolute atomic E-state index is 13.1. The summed E-state index contributed by atoms with van der Waals surface area (Å²) in [7, 11) is 0. The molecule has 3 aromatic rings. The number of hydrogen-bond acceptors (Lipinski definition) is 7. The van der Waals surface area contributed by atoms with Crippen molar-refractivity contribution >= 4 is 17.5 Å². The van der Waals surface area contributed by atoms with Gasteiger partial charge in [-0.1, -0.05) is 55.5 Å². The fourth-order valence-corrected chi connectivity index (χ4v) is 5.79. The quantitative estimate of drug-likeness (QED) is 0.469. The lowest BCUT2D eigenvalue weighted by Gasteiger charge is -2.42. The van der Waals surface area contributed by atoms with E-state index < -0.39 is 6.29 Å². The maximum Gasteiger partial charge on any atom is 0.266 e. The first kappa shape index (κ1) is 25.9. The van der Waals surface area contributed by atoms with Crippen molar-refractivity contribution < 1.29 is 29.3 Å². The Bertz CT molecular complexity index is 1340. The van der Waals surface area contributed by atoms with Gasteiger partial charge in [0.1, 0.15) is 0 Å². The summed E-state index contributed by atoms with van der Waals surface area (Å²) in [6, 6.07) is 21.8. The number of hydrogen-bond donors (Lipinski definition) is 2. The van der Waals surface area contributed by atoms with Gasteiger partial charge in [-0.2, -0.15) is 0 Å². The molecule has 8 heteroatoms. The minimum atomic E-state index is -0.726. The van der Waals surface area contributed by atoms with E-state index in [9.17, 15) is 19.8 Å². The molecule has 0 aromatic heterocycles. The van der Waals surface area contributed by atoms with Crippen LogP contribution in [0.2, 0.25) is 0 Å². The Morgan fingerprint density at radius 1 is 0.897 bits per heavy atom. The molecule has 0 saturated carbocycles. The highest BCUT2D eigenvalue weighted by Crippen LogP contribution is 2.43. The molecule has 6 rings (SSSR count). The molecule has 3 aliphatic heterocycles. The lowest BCUT2D eigenvalue weighted by atomic mass is 9.90. The van der Waals surface area contributed by atoms with Crippen molar-refractivity contribution in [3.8, 4) is 0 Å². The first-order valence-electron chi connectivity index (χ1n) is 13.4. The maximum atomic E-state index is 13.1. The molecule has 0 bridgehead atoms. The van der Waals surface area contributed by atoms with Crippen LogP contribution in [0.5, 0.6) is 0 Å². The van der Waals surface area contributed by atoms with Gasteiger partial charge >= 0.3 is 0 Å². The van der Waals surface area contributed by atoms with E-state index in [1.807, 2.05) is 30.3 Å². The summed E-state index contributed by atoms with van der Waals surface area (Å²) in [5.41, 5.74) is 3.77. The molecule has 5 atom stereocenters. The summed E-state index contributed by atoms with van der Waals surface area (Å²) >= 11 is 0. The third-order valence-corrected chi connectivity index (χ3v) is 8.00. The zero-order valence-electron chi connectivity index (χ0n) is 21.8. The number of carbonyl (C=O) groups is 2. The second kappa shape index (κ2) is 10.6. The number of imide groups is 1. The predicted molar refractivity (Wildman–Crippen MR) is 144 cm³/mol. The smallest absolute Gasteiger partial charge is 0.266 e. The number of likely N-dealkylation sites (tertiary alicyclic amines) is 1. The van der Waals surface area contributed by atoms with E-state index in [0.29, 0.717) is 35.5 Å². The van der Waals surface area contributed by atoms with Crippen molar-refractivity contribution in [1.82, 2.24) is 4.90 Å². The van der Waals surface area contributed by atoms with Gasteiger partial charge in [-0.15, -0.1) is 0 Å². The van der Waals surface area contributed by atoms with Crippen molar-refractivity contribution in [2.24, 2.45) is 5.92 Å². The highest BCUT2D eigenvalue weighted by molar-refractivity contribution is 6.34. The van der Waals surface area contributed by atoms with E-state index in [1.165, 1.54) is 4.90 Å². The third kappa shape index (κ3) is 4.90. The number of anilines is 1. The number of fused-ring (bicyclic) bond motifs is 1. The van der Waals surface area contributed by atoms with Crippen molar-refractivity contribution in [3.63, 3.8) is 0 Å². The lowest BCUT2D eigenvalue weighted by Crippen LogP contribution is -2.44. The number of β-amino-alcohol motifs (C(OH)–C–C–N with tert-alkyl or cyclic N) is 1. The number of ether oxygens (including phenoxy) is 2. The van der Waals surface area contributed by atoms with Crippen LogP contribution in [0.15, 0.2) is 72.8 Å². The van der Waals surface area contributed by atoms with Gasteiger partial charge in [-0.3, -0.25) is 14.5 Å². The molecule has 202 valence electrons. The molecule has 0 unspecified atom stereocenters. The molecule has 0 radical (unpaired) electrons. The molecular formula is C31H32N2O6. The van der Waals surface area contributed by atoms with Crippen LogP contribution in [0, 0.1) is 5.92 Å². The zero-order valence-corrected chi connectivity index (χ0v) is 21.8. The topological polar surface area (TPSA) is 99.5 Å². The summed E-state index contributed by atoms with van der Waals surface area (Å²) in [6.07, 6.45) is -0.767.